The zero-order valence-corrected chi connectivity index (χ0v) is 12.3. The van der Waals surface area contributed by atoms with Crippen molar-refractivity contribution in [2.24, 2.45) is 0 Å². The number of alkyl halides is 3. The molecule has 0 amide bonds. The van der Waals surface area contributed by atoms with Crippen LogP contribution in [-0.4, -0.2) is 34.4 Å². The lowest BCUT2D eigenvalue weighted by Gasteiger charge is -2.30. The molecule has 2 aromatic rings. The van der Waals surface area contributed by atoms with E-state index in [1.54, 1.807) is 13.1 Å². The summed E-state index contributed by atoms with van der Waals surface area (Å²) < 4.78 is 40.8. The molecule has 1 aliphatic rings. The second kappa shape index (κ2) is 5.29. The molecule has 3 rings (SSSR count). The maximum absolute atomic E-state index is 13.4. The minimum Gasteiger partial charge on any atom is -0.478 e. The first-order chi connectivity index (χ1) is 10.8. The fourth-order valence-electron chi connectivity index (χ4n) is 2.97. The minimum absolute atomic E-state index is 0.240. The Hall–Kier alpha value is -2.51. The summed E-state index contributed by atoms with van der Waals surface area (Å²) in [6.07, 6.45) is -2.39. The van der Waals surface area contributed by atoms with Gasteiger partial charge in [0.2, 0.25) is 0 Å². The Morgan fingerprint density at radius 2 is 2.09 bits per heavy atom. The quantitative estimate of drug-likeness (QED) is 0.922. The summed E-state index contributed by atoms with van der Waals surface area (Å²) in [6.45, 7) is 0.721. The largest absolute Gasteiger partial charge is 0.478 e. The first kappa shape index (κ1) is 15.4. The van der Waals surface area contributed by atoms with Crippen molar-refractivity contribution in [2.45, 2.75) is 19.0 Å². The maximum Gasteiger partial charge on any atom is 0.434 e. The normalized spacial score (nSPS) is 14.7. The highest BCUT2D eigenvalue weighted by Crippen LogP contribution is 2.38. The number of benzene rings is 1. The van der Waals surface area contributed by atoms with Gasteiger partial charge in [0.15, 0.2) is 5.69 Å². The van der Waals surface area contributed by atoms with Gasteiger partial charge in [0.05, 0.1) is 17.6 Å². The van der Waals surface area contributed by atoms with E-state index in [0.29, 0.717) is 10.4 Å². The Morgan fingerprint density at radius 1 is 1.35 bits per heavy atom. The summed E-state index contributed by atoms with van der Waals surface area (Å²) in [7, 11) is 1.80. The number of para-hydroxylation sites is 1. The number of hydrogen-bond acceptors (Lipinski definition) is 3. The van der Waals surface area contributed by atoms with Crippen molar-refractivity contribution in [1.82, 2.24) is 9.78 Å². The van der Waals surface area contributed by atoms with E-state index in [1.807, 2.05) is 11.0 Å². The van der Waals surface area contributed by atoms with E-state index >= 15 is 0 Å². The first-order valence-corrected chi connectivity index (χ1v) is 7.02. The topological polar surface area (TPSA) is 58.4 Å². The highest BCUT2D eigenvalue weighted by molar-refractivity contribution is 5.89. The van der Waals surface area contributed by atoms with Crippen LogP contribution in [0.2, 0.25) is 0 Å². The first-order valence-electron chi connectivity index (χ1n) is 7.02. The van der Waals surface area contributed by atoms with E-state index in [9.17, 15) is 18.0 Å². The van der Waals surface area contributed by atoms with Gasteiger partial charge in [-0.1, -0.05) is 12.1 Å². The van der Waals surface area contributed by atoms with Crippen molar-refractivity contribution < 1.29 is 23.1 Å². The van der Waals surface area contributed by atoms with Gasteiger partial charge in [-0.2, -0.15) is 18.3 Å². The number of carboxylic acids is 1. The lowest BCUT2D eigenvalue weighted by Crippen LogP contribution is -2.27. The molecule has 8 heteroatoms. The Bertz CT molecular complexity index is 768. The Kier molecular flexibility index (Phi) is 3.54. The Morgan fingerprint density at radius 3 is 2.74 bits per heavy atom. The molecule has 0 aliphatic carbocycles. The van der Waals surface area contributed by atoms with Gasteiger partial charge in [-0.15, -0.1) is 0 Å². The zero-order valence-electron chi connectivity index (χ0n) is 12.3. The lowest BCUT2D eigenvalue weighted by atomic mass is 10.0. The van der Waals surface area contributed by atoms with Gasteiger partial charge in [-0.3, -0.25) is 0 Å². The van der Waals surface area contributed by atoms with Gasteiger partial charge in [-0.05, 0) is 24.5 Å². The number of carbonyl (C=O) groups is 1. The smallest absolute Gasteiger partial charge is 0.434 e. The van der Waals surface area contributed by atoms with Crippen LogP contribution in [0.1, 0.15) is 28.0 Å². The van der Waals surface area contributed by atoms with Crippen LogP contribution < -0.4 is 4.90 Å². The molecule has 0 unspecified atom stereocenters. The molecular weight excluding hydrogens is 311 g/mol. The SMILES string of the molecule is CN1CCCc2cccc(-n3ncc(C(=O)O)c3C(F)(F)F)c21. The van der Waals surface area contributed by atoms with Gasteiger partial charge < -0.3 is 10.0 Å². The summed E-state index contributed by atoms with van der Waals surface area (Å²) in [5.74, 6) is -1.65. The lowest BCUT2D eigenvalue weighted by molar-refractivity contribution is -0.143. The number of rotatable bonds is 2. The minimum atomic E-state index is -4.82. The van der Waals surface area contributed by atoms with Gasteiger partial charge in [0.25, 0.3) is 0 Å². The number of aromatic carboxylic acids is 1. The number of nitrogens with zero attached hydrogens (tertiary/aromatic N) is 3. The molecule has 0 saturated carbocycles. The fraction of sp³-hybridized carbons (Fsp3) is 0.333. The molecule has 0 fully saturated rings. The number of aromatic nitrogens is 2. The third kappa shape index (κ3) is 2.54. The molecule has 122 valence electrons. The Labute approximate surface area is 129 Å². The van der Waals surface area contributed by atoms with Crippen molar-refractivity contribution in [3.8, 4) is 5.69 Å². The highest BCUT2D eigenvalue weighted by atomic mass is 19.4. The molecule has 0 spiro atoms. The molecule has 1 aromatic heterocycles. The second-order valence-electron chi connectivity index (χ2n) is 5.43. The monoisotopic (exact) mass is 325 g/mol. The number of hydrogen-bond donors (Lipinski definition) is 1. The van der Waals surface area contributed by atoms with E-state index in [1.165, 1.54) is 6.07 Å². The predicted molar refractivity (Wildman–Crippen MR) is 77.1 cm³/mol. The highest BCUT2D eigenvalue weighted by Gasteiger charge is 2.41. The van der Waals surface area contributed by atoms with E-state index in [2.05, 4.69) is 5.10 Å². The number of anilines is 1. The van der Waals surface area contributed by atoms with E-state index in [4.69, 9.17) is 5.11 Å². The van der Waals surface area contributed by atoms with Crippen molar-refractivity contribution in [2.75, 3.05) is 18.5 Å². The molecule has 1 N–H and O–H groups in total. The maximum atomic E-state index is 13.4. The molecule has 0 radical (unpaired) electrons. The average molecular weight is 325 g/mol. The summed E-state index contributed by atoms with van der Waals surface area (Å²) >= 11 is 0. The van der Waals surface area contributed by atoms with Crippen molar-refractivity contribution >= 4 is 11.7 Å². The van der Waals surface area contributed by atoms with Crippen LogP contribution >= 0.6 is 0 Å². The summed E-state index contributed by atoms with van der Waals surface area (Å²) in [6, 6.07) is 5.05. The van der Waals surface area contributed by atoms with Crippen molar-refractivity contribution in [3.05, 3.63) is 41.2 Å². The third-order valence-corrected chi connectivity index (χ3v) is 3.92. The summed E-state index contributed by atoms with van der Waals surface area (Å²) in [5.41, 5.74) is -0.295. The van der Waals surface area contributed by atoms with E-state index < -0.39 is 23.4 Å². The van der Waals surface area contributed by atoms with E-state index in [0.717, 1.165) is 31.1 Å². The summed E-state index contributed by atoms with van der Waals surface area (Å²) in [4.78, 5) is 13.0. The van der Waals surface area contributed by atoms with Crippen LogP contribution in [0.25, 0.3) is 5.69 Å². The molecule has 5 nitrogen and oxygen atoms in total. The predicted octanol–water partition coefficient (Wildman–Crippen LogP) is 2.97. The number of carboxylic acid groups (broad SMARTS) is 1. The second-order valence-corrected chi connectivity index (χ2v) is 5.43. The number of fused-ring (bicyclic) bond motifs is 1. The zero-order chi connectivity index (χ0) is 16.8. The number of halogens is 3. The molecule has 0 saturated heterocycles. The molecule has 2 heterocycles. The molecule has 1 aromatic carbocycles. The number of aryl methyl sites for hydroxylation is 1. The van der Waals surface area contributed by atoms with Crippen LogP contribution in [-0.2, 0) is 12.6 Å². The molecule has 23 heavy (non-hydrogen) atoms. The average Bonchev–Trinajstić information content (AvgIpc) is 2.92. The van der Waals surface area contributed by atoms with Crippen LogP contribution in [0.3, 0.4) is 0 Å². The van der Waals surface area contributed by atoms with Gasteiger partial charge in [0.1, 0.15) is 5.56 Å². The summed E-state index contributed by atoms with van der Waals surface area (Å²) in [5, 5.41) is 12.7. The van der Waals surface area contributed by atoms with Gasteiger partial charge in [0, 0.05) is 13.6 Å². The Balaban J connectivity index is 2.27. The van der Waals surface area contributed by atoms with Crippen molar-refractivity contribution in [1.29, 1.82) is 0 Å². The molecule has 0 atom stereocenters. The van der Waals surface area contributed by atoms with Crippen LogP contribution in [0.15, 0.2) is 24.4 Å². The van der Waals surface area contributed by atoms with Crippen molar-refractivity contribution in [3.63, 3.8) is 0 Å². The standard InChI is InChI=1S/C15H14F3N3O2/c1-20-7-3-5-9-4-2-6-11(12(9)20)21-13(15(16,17)18)10(8-19-21)14(22)23/h2,4,6,8H,3,5,7H2,1H3,(H,22,23). The van der Waals surface area contributed by atoms with Crippen LogP contribution in [0.5, 0.6) is 0 Å². The third-order valence-electron chi connectivity index (χ3n) is 3.92. The fourth-order valence-corrected chi connectivity index (χ4v) is 2.97. The van der Waals surface area contributed by atoms with Crippen LogP contribution in [0, 0.1) is 0 Å². The van der Waals surface area contributed by atoms with E-state index in [-0.39, 0.29) is 5.69 Å². The molecule has 0 bridgehead atoms. The van der Waals surface area contributed by atoms with Gasteiger partial charge in [-0.25, -0.2) is 9.48 Å². The van der Waals surface area contributed by atoms with Gasteiger partial charge >= 0.3 is 12.1 Å². The molecule has 1 aliphatic heterocycles. The molecular formula is C15H14F3N3O2. The van der Waals surface area contributed by atoms with Crippen LogP contribution in [0.4, 0.5) is 18.9 Å².